The number of aromatic nitrogens is 3. The number of fused-ring (bicyclic) bond motifs is 1. The highest BCUT2D eigenvalue weighted by atomic mass is 16.1. The minimum Gasteiger partial charge on any atom is -0.361 e. The average Bonchev–Trinajstić information content (AvgIpc) is 2.84. The Morgan fingerprint density at radius 1 is 1.26 bits per heavy atom. The molecule has 0 aliphatic carbocycles. The van der Waals surface area contributed by atoms with Gasteiger partial charge in [-0.3, -0.25) is 9.78 Å². The number of aromatic amines is 2. The third-order valence-corrected chi connectivity index (χ3v) is 3.33. The highest BCUT2D eigenvalue weighted by Crippen LogP contribution is 2.19. The van der Waals surface area contributed by atoms with Gasteiger partial charge < -0.3 is 9.97 Å². The van der Waals surface area contributed by atoms with E-state index in [0.29, 0.717) is 12.1 Å². The quantitative estimate of drug-likeness (QED) is 0.753. The molecule has 0 spiro atoms. The number of hydrogen-bond donors (Lipinski definition) is 2. The van der Waals surface area contributed by atoms with Crippen LogP contribution < -0.4 is 5.56 Å². The SMILES string of the molecule is CCc1cnc(Cc2c[nH]c3ccccc23)c(=O)[nH]1. The van der Waals surface area contributed by atoms with Gasteiger partial charge in [0.1, 0.15) is 5.69 Å². The average molecular weight is 253 g/mol. The van der Waals surface area contributed by atoms with Gasteiger partial charge in [0.2, 0.25) is 0 Å². The van der Waals surface area contributed by atoms with Crippen molar-refractivity contribution in [3.63, 3.8) is 0 Å². The van der Waals surface area contributed by atoms with Crippen molar-refractivity contribution in [2.75, 3.05) is 0 Å². The molecule has 0 radical (unpaired) electrons. The standard InChI is InChI=1S/C15H15N3O/c1-2-11-9-17-14(15(19)18-11)7-10-8-16-13-6-4-3-5-12(10)13/h3-6,8-9,16H,2,7H2,1H3,(H,18,19). The fourth-order valence-electron chi connectivity index (χ4n) is 2.23. The lowest BCUT2D eigenvalue weighted by Crippen LogP contribution is -2.16. The first-order valence-electron chi connectivity index (χ1n) is 6.40. The molecule has 19 heavy (non-hydrogen) atoms. The minimum atomic E-state index is -0.0929. The number of H-pyrrole nitrogens is 2. The molecule has 0 atom stereocenters. The molecular weight excluding hydrogens is 238 g/mol. The molecule has 2 heterocycles. The fraction of sp³-hybridized carbons (Fsp3) is 0.200. The summed E-state index contributed by atoms with van der Waals surface area (Å²) >= 11 is 0. The topological polar surface area (TPSA) is 61.5 Å². The molecule has 0 aliphatic heterocycles. The Labute approximate surface area is 110 Å². The van der Waals surface area contributed by atoms with Crippen LogP contribution in [-0.4, -0.2) is 15.0 Å². The fourth-order valence-corrected chi connectivity index (χ4v) is 2.23. The van der Waals surface area contributed by atoms with Gasteiger partial charge >= 0.3 is 0 Å². The van der Waals surface area contributed by atoms with E-state index >= 15 is 0 Å². The van der Waals surface area contributed by atoms with E-state index in [1.54, 1.807) is 6.20 Å². The smallest absolute Gasteiger partial charge is 0.270 e. The van der Waals surface area contributed by atoms with Crippen LogP contribution in [0.1, 0.15) is 23.9 Å². The Morgan fingerprint density at radius 2 is 2.11 bits per heavy atom. The van der Waals surface area contributed by atoms with Crippen molar-refractivity contribution in [1.29, 1.82) is 0 Å². The molecule has 2 aromatic heterocycles. The second-order valence-corrected chi connectivity index (χ2v) is 4.57. The van der Waals surface area contributed by atoms with Crippen molar-refractivity contribution >= 4 is 10.9 Å². The lowest BCUT2D eigenvalue weighted by atomic mass is 10.1. The van der Waals surface area contributed by atoms with E-state index in [1.807, 2.05) is 31.3 Å². The largest absolute Gasteiger partial charge is 0.361 e. The Bertz CT molecular complexity index is 770. The number of nitrogens with zero attached hydrogens (tertiary/aromatic N) is 1. The van der Waals surface area contributed by atoms with Crippen LogP contribution >= 0.6 is 0 Å². The first-order chi connectivity index (χ1) is 9.28. The van der Waals surface area contributed by atoms with Crippen molar-refractivity contribution in [3.05, 3.63) is 64.0 Å². The second kappa shape index (κ2) is 4.72. The zero-order valence-electron chi connectivity index (χ0n) is 10.7. The molecule has 0 fully saturated rings. The maximum Gasteiger partial charge on any atom is 0.270 e. The van der Waals surface area contributed by atoms with Gasteiger partial charge in [-0.1, -0.05) is 25.1 Å². The van der Waals surface area contributed by atoms with Crippen LogP contribution in [0.15, 0.2) is 41.5 Å². The van der Waals surface area contributed by atoms with E-state index in [2.05, 4.69) is 21.0 Å². The van der Waals surface area contributed by atoms with Crippen molar-refractivity contribution < 1.29 is 0 Å². The molecule has 3 rings (SSSR count). The van der Waals surface area contributed by atoms with Gasteiger partial charge in [-0.25, -0.2) is 0 Å². The number of benzene rings is 1. The van der Waals surface area contributed by atoms with E-state index in [4.69, 9.17) is 0 Å². The van der Waals surface area contributed by atoms with Crippen LogP contribution in [0.4, 0.5) is 0 Å². The summed E-state index contributed by atoms with van der Waals surface area (Å²) in [6, 6.07) is 8.06. The maximum absolute atomic E-state index is 11.9. The van der Waals surface area contributed by atoms with Crippen molar-refractivity contribution in [2.45, 2.75) is 19.8 Å². The minimum absolute atomic E-state index is 0.0929. The number of nitrogens with one attached hydrogen (secondary N) is 2. The Balaban J connectivity index is 1.99. The Morgan fingerprint density at radius 3 is 2.89 bits per heavy atom. The summed E-state index contributed by atoms with van der Waals surface area (Å²) in [7, 11) is 0. The normalized spacial score (nSPS) is 11.0. The zero-order chi connectivity index (χ0) is 13.2. The monoisotopic (exact) mass is 253 g/mol. The van der Waals surface area contributed by atoms with Crippen LogP contribution in [0.2, 0.25) is 0 Å². The predicted molar refractivity (Wildman–Crippen MR) is 75.3 cm³/mol. The lowest BCUT2D eigenvalue weighted by molar-refractivity contribution is 0.919. The first-order valence-corrected chi connectivity index (χ1v) is 6.40. The van der Waals surface area contributed by atoms with Crippen molar-refractivity contribution in [2.24, 2.45) is 0 Å². The molecule has 0 amide bonds. The summed E-state index contributed by atoms with van der Waals surface area (Å²) in [5, 5.41) is 1.14. The first kappa shape index (κ1) is 11.7. The molecule has 0 saturated carbocycles. The molecule has 0 unspecified atom stereocenters. The molecule has 3 aromatic rings. The van der Waals surface area contributed by atoms with Crippen LogP contribution in [-0.2, 0) is 12.8 Å². The second-order valence-electron chi connectivity index (χ2n) is 4.57. The molecular formula is C15H15N3O. The van der Waals surface area contributed by atoms with Crippen molar-refractivity contribution in [1.82, 2.24) is 15.0 Å². The summed E-state index contributed by atoms with van der Waals surface area (Å²) in [6.45, 7) is 1.99. The third kappa shape index (κ3) is 2.17. The van der Waals surface area contributed by atoms with Crippen LogP contribution in [0.25, 0.3) is 10.9 Å². The molecule has 2 N–H and O–H groups in total. The van der Waals surface area contributed by atoms with Gasteiger partial charge in [-0.15, -0.1) is 0 Å². The molecule has 4 nitrogen and oxygen atoms in total. The van der Waals surface area contributed by atoms with Gasteiger partial charge in [-0.2, -0.15) is 0 Å². The van der Waals surface area contributed by atoms with E-state index < -0.39 is 0 Å². The van der Waals surface area contributed by atoms with Crippen LogP contribution in [0.5, 0.6) is 0 Å². The van der Waals surface area contributed by atoms with Gasteiger partial charge in [0.25, 0.3) is 5.56 Å². The van der Waals surface area contributed by atoms with Gasteiger partial charge in [-0.05, 0) is 18.1 Å². The molecule has 0 bridgehead atoms. The van der Waals surface area contributed by atoms with E-state index in [9.17, 15) is 4.79 Å². The maximum atomic E-state index is 11.9. The number of rotatable bonds is 3. The summed E-state index contributed by atoms with van der Waals surface area (Å²) in [5.41, 5.74) is 3.51. The summed E-state index contributed by atoms with van der Waals surface area (Å²) in [4.78, 5) is 22.3. The zero-order valence-corrected chi connectivity index (χ0v) is 10.7. The lowest BCUT2D eigenvalue weighted by Gasteiger charge is -2.01. The summed E-state index contributed by atoms with van der Waals surface area (Å²) in [6.07, 6.45) is 5.02. The molecule has 0 aliphatic rings. The highest BCUT2D eigenvalue weighted by Gasteiger charge is 2.08. The van der Waals surface area contributed by atoms with E-state index in [1.165, 1.54) is 0 Å². The molecule has 96 valence electrons. The molecule has 1 aromatic carbocycles. The molecule has 0 saturated heterocycles. The third-order valence-electron chi connectivity index (χ3n) is 3.33. The van der Waals surface area contributed by atoms with E-state index in [0.717, 1.165) is 28.6 Å². The van der Waals surface area contributed by atoms with Crippen LogP contribution in [0, 0.1) is 0 Å². The van der Waals surface area contributed by atoms with Crippen molar-refractivity contribution in [3.8, 4) is 0 Å². The van der Waals surface area contributed by atoms with Gasteiger partial charge in [0.05, 0.1) is 0 Å². The Hall–Kier alpha value is -2.36. The van der Waals surface area contributed by atoms with Crippen LogP contribution in [0.3, 0.4) is 0 Å². The van der Waals surface area contributed by atoms with Gasteiger partial charge in [0.15, 0.2) is 0 Å². The number of aryl methyl sites for hydroxylation is 1. The Kier molecular flexibility index (Phi) is 2.91. The van der Waals surface area contributed by atoms with E-state index in [-0.39, 0.29) is 5.56 Å². The van der Waals surface area contributed by atoms with Gasteiger partial charge in [0, 0.05) is 35.4 Å². The summed E-state index contributed by atoms with van der Waals surface area (Å²) in [5.74, 6) is 0. The summed E-state index contributed by atoms with van der Waals surface area (Å²) < 4.78 is 0. The number of para-hydroxylation sites is 1. The highest BCUT2D eigenvalue weighted by molar-refractivity contribution is 5.83. The molecule has 4 heteroatoms. The number of hydrogen-bond acceptors (Lipinski definition) is 2. The predicted octanol–water partition coefficient (Wildman–Crippen LogP) is 2.40.